The van der Waals surface area contributed by atoms with E-state index in [0.717, 1.165) is 5.56 Å². The van der Waals surface area contributed by atoms with E-state index in [9.17, 15) is 9.59 Å². The first kappa shape index (κ1) is 16.1. The van der Waals surface area contributed by atoms with Crippen molar-refractivity contribution in [1.82, 2.24) is 15.3 Å². The number of carboxylic acid groups (broad SMARTS) is 1. The van der Waals surface area contributed by atoms with Crippen molar-refractivity contribution in [3.63, 3.8) is 0 Å². The van der Waals surface area contributed by atoms with Crippen molar-refractivity contribution in [3.05, 3.63) is 35.1 Å². The number of pyridine rings is 1. The number of amides is 1. The maximum atomic E-state index is 12.3. The third-order valence-electron chi connectivity index (χ3n) is 3.09. The number of aromatic nitrogens is 2. The lowest BCUT2D eigenvalue weighted by Crippen LogP contribution is -2.40. The zero-order valence-electron chi connectivity index (χ0n) is 12.4. The minimum absolute atomic E-state index is 0.397. The zero-order valence-corrected chi connectivity index (χ0v) is 13.2. The number of aryl methyl sites for hydroxylation is 1. The third kappa shape index (κ3) is 3.67. The molecule has 1 atom stereocenters. The smallest absolute Gasteiger partial charge is 0.326 e. The second-order valence-electron chi connectivity index (χ2n) is 4.83. The summed E-state index contributed by atoms with van der Waals surface area (Å²) in [5.41, 5.74) is 1.42. The van der Waals surface area contributed by atoms with Gasteiger partial charge in [-0.05, 0) is 25.5 Å². The lowest BCUT2D eigenvalue weighted by atomic mass is 10.1. The molecule has 0 spiro atoms. The van der Waals surface area contributed by atoms with E-state index in [4.69, 9.17) is 5.11 Å². The normalized spacial score (nSPS) is 11.9. The van der Waals surface area contributed by atoms with Crippen molar-refractivity contribution in [3.8, 4) is 10.6 Å². The van der Waals surface area contributed by atoms with Crippen LogP contribution in [0.2, 0.25) is 0 Å². The molecule has 2 N–H and O–H groups in total. The number of aliphatic carboxylic acids is 1. The highest BCUT2D eigenvalue weighted by molar-refractivity contribution is 7.17. The van der Waals surface area contributed by atoms with E-state index >= 15 is 0 Å². The second kappa shape index (κ2) is 7.13. The largest absolute Gasteiger partial charge is 0.480 e. The fourth-order valence-corrected chi connectivity index (χ4v) is 2.95. The molecule has 0 saturated heterocycles. The van der Waals surface area contributed by atoms with Crippen LogP contribution in [-0.4, -0.2) is 33.0 Å². The number of nitrogens with zero attached hydrogens (tertiary/aromatic N) is 2. The minimum atomic E-state index is -1.02. The second-order valence-corrected chi connectivity index (χ2v) is 5.83. The Bertz CT molecular complexity index is 670. The van der Waals surface area contributed by atoms with Gasteiger partial charge in [-0.3, -0.25) is 9.78 Å². The van der Waals surface area contributed by atoms with Crippen molar-refractivity contribution in [1.29, 1.82) is 0 Å². The number of hydrogen-bond donors (Lipinski definition) is 2. The molecule has 1 amide bonds. The number of carbonyl (C=O) groups excluding carboxylic acids is 1. The van der Waals surface area contributed by atoms with Crippen LogP contribution in [0.1, 0.15) is 35.1 Å². The lowest BCUT2D eigenvalue weighted by Gasteiger charge is -2.12. The van der Waals surface area contributed by atoms with Gasteiger partial charge < -0.3 is 10.4 Å². The molecule has 0 aliphatic heterocycles. The van der Waals surface area contributed by atoms with Gasteiger partial charge in [-0.25, -0.2) is 9.78 Å². The van der Waals surface area contributed by atoms with Crippen LogP contribution in [0.25, 0.3) is 10.6 Å². The maximum absolute atomic E-state index is 12.3. The molecule has 0 aromatic carbocycles. The fourth-order valence-electron chi connectivity index (χ4n) is 1.99. The number of hydrogen-bond acceptors (Lipinski definition) is 5. The molecule has 0 bridgehead atoms. The Morgan fingerprint density at radius 3 is 2.82 bits per heavy atom. The predicted octanol–water partition coefficient (Wildman–Crippen LogP) is 2.50. The van der Waals surface area contributed by atoms with Crippen LogP contribution in [0, 0.1) is 6.92 Å². The highest BCUT2D eigenvalue weighted by Gasteiger charge is 2.23. The summed E-state index contributed by atoms with van der Waals surface area (Å²) in [5.74, 6) is -1.42. The van der Waals surface area contributed by atoms with E-state index in [2.05, 4.69) is 15.3 Å². The molecular formula is C15H17N3O3S. The summed E-state index contributed by atoms with van der Waals surface area (Å²) in [6.07, 6.45) is 4.42. The van der Waals surface area contributed by atoms with Gasteiger partial charge >= 0.3 is 5.97 Å². The van der Waals surface area contributed by atoms with Gasteiger partial charge in [-0.1, -0.05) is 13.3 Å². The summed E-state index contributed by atoms with van der Waals surface area (Å²) >= 11 is 1.24. The molecule has 0 fully saturated rings. The minimum Gasteiger partial charge on any atom is -0.480 e. The summed E-state index contributed by atoms with van der Waals surface area (Å²) in [6.45, 7) is 3.61. The molecule has 2 rings (SSSR count). The molecular weight excluding hydrogens is 302 g/mol. The van der Waals surface area contributed by atoms with E-state index in [1.54, 1.807) is 25.4 Å². The monoisotopic (exact) mass is 319 g/mol. The highest BCUT2D eigenvalue weighted by Crippen LogP contribution is 2.27. The van der Waals surface area contributed by atoms with Gasteiger partial charge in [0.2, 0.25) is 0 Å². The maximum Gasteiger partial charge on any atom is 0.326 e. The van der Waals surface area contributed by atoms with Crippen LogP contribution >= 0.6 is 11.3 Å². The number of carboxylic acids is 1. The van der Waals surface area contributed by atoms with Crippen molar-refractivity contribution in [2.45, 2.75) is 32.7 Å². The molecule has 7 heteroatoms. The van der Waals surface area contributed by atoms with Crippen LogP contribution in [-0.2, 0) is 4.79 Å². The first-order valence-corrected chi connectivity index (χ1v) is 7.76. The van der Waals surface area contributed by atoms with Crippen molar-refractivity contribution < 1.29 is 14.7 Å². The molecule has 2 heterocycles. The average molecular weight is 319 g/mol. The molecule has 0 aliphatic carbocycles. The Hall–Kier alpha value is -2.28. The Labute approximate surface area is 132 Å². The number of rotatable bonds is 6. The number of thiazole rings is 1. The van der Waals surface area contributed by atoms with Crippen LogP contribution in [0.4, 0.5) is 0 Å². The van der Waals surface area contributed by atoms with Crippen LogP contribution in [0.15, 0.2) is 24.5 Å². The first-order chi connectivity index (χ1) is 10.5. The standard InChI is InChI=1S/C15H17N3O3S/c1-3-5-11(15(20)21)18-13(19)12-9(2)17-14(22-12)10-6-4-7-16-8-10/h4,6-8,11H,3,5H2,1-2H3,(H,18,19)(H,20,21). The molecule has 22 heavy (non-hydrogen) atoms. The summed E-state index contributed by atoms with van der Waals surface area (Å²) in [4.78, 5) is 32.2. The fraction of sp³-hybridized carbons (Fsp3) is 0.333. The van der Waals surface area contributed by atoms with Crippen LogP contribution in [0.3, 0.4) is 0 Å². The predicted molar refractivity (Wildman–Crippen MR) is 83.9 cm³/mol. The van der Waals surface area contributed by atoms with Crippen molar-refractivity contribution in [2.24, 2.45) is 0 Å². The van der Waals surface area contributed by atoms with Gasteiger partial charge in [0, 0.05) is 18.0 Å². The molecule has 0 aliphatic rings. The van der Waals surface area contributed by atoms with Gasteiger partial charge in [0.15, 0.2) is 0 Å². The summed E-state index contributed by atoms with van der Waals surface area (Å²) < 4.78 is 0. The lowest BCUT2D eigenvalue weighted by molar-refractivity contribution is -0.139. The van der Waals surface area contributed by atoms with Crippen molar-refractivity contribution >= 4 is 23.2 Å². The van der Waals surface area contributed by atoms with E-state index in [1.165, 1.54) is 11.3 Å². The topological polar surface area (TPSA) is 92.2 Å². The van der Waals surface area contributed by atoms with Crippen LogP contribution in [0.5, 0.6) is 0 Å². The molecule has 116 valence electrons. The zero-order chi connectivity index (χ0) is 16.1. The Kier molecular flexibility index (Phi) is 5.21. The van der Waals surface area contributed by atoms with Gasteiger partial charge in [-0.15, -0.1) is 11.3 Å². The van der Waals surface area contributed by atoms with Gasteiger partial charge in [-0.2, -0.15) is 0 Å². The van der Waals surface area contributed by atoms with E-state index < -0.39 is 17.9 Å². The number of carbonyl (C=O) groups is 2. The highest BCUT2D eigenvalue weighted by atomic mass is 32.1. The van der Waals surface area contributed by atoms with E-state index in [-0.39, 0.29) is 0 Å². The number of nitrogens with one attached hydrogen (secondary N) is 1. The van der Waals surface area contributed by atoms with Gasteiger partial charge in [0.05, 0.1) is 5.69 Å². The third-order valence-corrected chi connectivity index (χ3v) is 4.30. The Balaban J connectivity index is 2.20. The van der Waals surface area contributed by atoms with E-state index in [0.29, 0.717) is 28.4 Å². The van der Waals surface area contributed by atoms with Gasteiger partial charge in [0.25, 0.3) is 5.91 Å². The summed E-state index contributed by atoms with van der Waals surface area (Å²) in [6, 6.07) is 2.79. The summed E-state index contributed by atoms with van der Waals surface area (Å²) in [5, 5.41) is 12.4. The molecule has 0 radical (unpaired) electrons. The van der Waals surface area contributed by atoms with Crippen molar-refractivity contribution in [2.75, 3.05) is 0 Å². The van der Waals surface area contributed by atoms with Crippen LogP contribution < -0.4 is 5.32 Å². The van der Waals surface area contributed by atoms with E-state index in [1.807, 2.05) is 13.0 Å². The molecule has 6 nitrogen and oxygen atoms in total. The first-order valence-electron chi connectivity index (χ1n) is 6.94. The van der Waals surface area contributed by atoms with Gasteiger partial charge in [0.1, 0.15) is 15.9 Å². The molecule has 2 aromatic heterocycles. The SMILES string of the molecule is CCCC(NC(=O)c1sc(-c2cccnc2)nc1C)C(=O)O. The average Bonchev–Trinajstić information content (AvgIpc) is 2.89. The molecule has 2 aromatic rings. The quantitative estimate of drug-likeness (QED) is 0.853. The Morgan fingerprint density at radius 2 is 2.23 bits per heavy atom. The Morgan fingerprint density at radius 1 is 1.45 bits per heavy atom. The molecule has 0 saturated carbocycles. The molecule has 1 unspecified atom stereocenters. The summed E-state index contributed by atoms with van der Waals surface area (Å²) in [7, 11) is 0.